The van der Waals surface area contributed by atoms with Crippen LogP contribution in [-0.2, 0) is 10.7 Å². The van der Waals surface area contributed by atoms with Gasteiger partial charge in [-0.2, -0.15) is 0 Å². The number of amides is 1. The maximum atomic E-state index is 14.6. The van der Waals surface area contributed by atoms with Gasteiger partial charge in [0.1, 0.15) is 5.60 Å². The van der Waals surface area contributed by atoms with Gasteiger partial charge in [0, 0.05) is 29.0 Å². The molecule has 3 nitrogen and oxygen atoms in total. The highest BCUT2D eigenvalue weighted by Gasteiger charge is 2.46. The molecule has 0 N–H and O–H groups in total. The largest absolute Gasteiger partial charge is 0.444 e. The lowest BCUT2D eigenvalue weighted by molar-refractivity contribution is -0.0612. The number of hydrogen-bond donors (Lipinski definition) is 0. The van der Waals surface area contributed by atoms with Gasteiger partial charge in [-0.3, -0.25) is 0 Å². The van der Waals surface area contributed by atoms with Crippen LogP contribution in [0.1, 0.15) is 32.8 Å². The van der Waals surface area contributed by atoms with Crippen LogP contribution in [-0.4, -0.2) is 29.7 Å². The Hall–Kier alpha value is -1.17. The molecule has 0 aromatic heterocycles. The molecule has 1 amide bonds. The van der Waals surface area contributed by atoms with Gasteiger partial charge >= 0.3 is 6.09 Å². The summed E-state index contributed by atoms with van der Waals surface area (Å²) in [6.07, 6.45) is -0.260. The van der Waals surface area contributed by atoms with Crippen molar-refractivity contribution in [2.45, 2.75) is 38.7 Å². The molecule has 1 aliphatic rings. The number of benzene rings is 1. The first-order chi connectivity index (χ1) is 10.1. The Morgan fingerprint density at radius 3 is 2.41 bits per heavy atom. The normalized spacial score (nSPS) is 19.4. The topological polar surface area (TPSA) is 29.5 Å². The van der Waals surface area contributed by atoms with E-state index < -0.39 is 23.5 Å². The Balaban J connectivity index is 2.05. The number of likely N-dealkylation sites (tertiary alicyclic amines) is 1. The molecule has 1 heterocycles. The first-order valence-electron chi connectivity index (χ1n) is 7.21. The first kappa shape index (κ1) is 17.2. The maximum Gasteiger partial charge on any atom is 0.410 e. The van der Waals surface area contributed by atoms with Crippen LogP contribution >= 0.6 is 15.9 Å². The van der Waals surface area contributed by atoms with Crippen LogP contribution in [0.25, 0.3) is 0 Å². The van der Waals surface area contributed by atoms with Crippen LogP contribution in [0.4, 0.5) is 13.6 Å². The fraction of sp³-hybridized carbons (Fsp3) is 0.562. The van der Waals surface area contributed by atoms with Gasteiger partial charge in [-0.1, -0.05) is 28.1 Å². The average Bonchev–Trinajstić information content (AvgIpc) is 2.87. The molecule has 0 aliphatic carbocycles. The van der Waals surface area contributed by atoms with Crippen molar-refractivity contribution in [1.29, 1.82) is 0 Å². The lowest BCUT2D eigenvalue weighted by atomic mass is 9.94. The van der Waals surface area contributed by atoms with E-state index in [1.807, 2.05) is 0 Å². The maximum absolute atomic E-state index is 14.6. The van der Waals surface area contributed by atoms with Crippen molar-refractivity contribution in [1.82, 2.24) is 4.90 Å². The fourth-order valence-electron chi connectivity index (χ4n) is 2.46. The van der Waals surface area contributed by atoms with Gasteiger partial charge in [-0.05, 0) is 39.3 Å². The van der Waals surface area contributed by atoms with Crippen LogP contribution in [0, 0.1) is 5.92 Å². The van der Waals surface area contributed by atoms with Crippen molar-refractivity contribution in [3.05, 3.63) is 34.3 Å². The van der Waals surface area contributed by atoms with Crippen LogP contribution < -0.4 is 0 Å². The summed E-state index contributed by atoms with van der Waals surface area (Å²) >= 11 is 3.24. The lowest BCUT2D eigenvalue weighted by Crippen LogP contribution is -2.37. The number of alkyl halides is 2. The molecule has 6 heteroatoms. The molecular formula is C16H20BrF2NO2. The van der Waals surface area contributed by atoms with E-state index in [-0.39, 0.29) is 18.5 Å². The monoisotopic (exact) mass is 375 g/mol. The number of carbonyl (C=O) groups is 1. The Morgan fingerprint density at radius 1 is 1.27 bits per heavy atom. The van der Waals surface area contributed by atoms with E-state index in [9.17, 15) is 13.6 Å². The van der Waals surface area contributed by atoms with Crippen molar-refractivity contribution in [3.63, 3.8) is 0 Å². The summed E-state index contributed by atoms with van der Waals surface area (Å²) in [4.78, 5) is 13.3. The zero-order valence-electron chi connectivity index (χ0n) is 12.9. The predicted octanol–water partition coefficient (Wildman–Crippen LogP) is 4.80. The Bertz CT molecular complexity index is 540. The Morgan fingerprint density at radius 2 is 1.86 bits per heavy atom. The second kappa shape index (κ2) is 6.14. The van der Waals surface area contributed by atoms with Gasteiger partial charge in [-0.15, -0.1) is 0 Å². The van der Waals surface area contributed by atoms with E-state index in [0.29, 0.717) is 6.54 Å². The van der Waals surface area contributed by atoms with Crippen LogP contribution in [0.2, 0.25) is 0 Å². The minimum atomic E-state index is -2.96. The van der Waals surface area contributed by atoms with Gasteiger partial charge in [0.05, 0.1) is 0 Å². The quantitative estimate of drug-likeness (QED) is 0.742. The summed E-state index contributed by atoms with van der Waals surface area (Å²) < 4.78 is 35.1. The van der Waals surface area contributed by atoms with E-state index in [0.717, 1.165) is 4.47 Å². The second-order valence-corrected chi connectivity index (χ2v) is 7.46. The smallest absolute Gasteiger partial charge is 0.410 e. The standard InChI is InChI=1S/C16H20BrF2NO2/c1-15(2,3)22-14(21)20-9-8-12(10-20)16(18,19)11-4-6-13(17)7-5-11/h4-7,12H,8-10H2,1-3H3/t12-/m0/s1. The molecule has 1 fully saturated rings. The van der Waals surface area contributed by atoms with Crippen molar-refractivity contribution in [2.24, 2.45) is 5.92 Å². The summed E-state index contributed by atoms with van der Waals surface area (Å²) in [5.41, 5.74) is -0.643. The molecule has 0 spiro atoms. The summed E-state index contributed by atoms with van der Waals surface area (Å²) in [7, 11) is 0. The molecule has 0 unspecified atom stereocenters. The van der Waals surface area contributed by atoms with Gasteiger partial charge in [-0.25, -0.2) is 13.6 Å². The summed E-state index contributed by atoms with van der Waals surface area (Å²) in [6.45, 7) is 5.59. The minimum Gasteiger partial charge on any atom is -0.444 e. The van der Waals surface area contributed by atoms with Crippen LogP contribution in [0.3, 0.4) is 0 Å². The third kappa shape index (κ3) is 3.97. The Labute approximate surface area is 137 Å². The zero-order chi connectivity index (χ0) is 16.5. The predicted molar refractivity (Wildman–Crippen MR) is 84.0 cm³/mol. The molecule has 1 aromatic carbocycles. The molecule has 122 valence electrons. The molecule has 0 radical (unpaired) electrons. The number of ether oxygens (including phenoxy) is 1. The van der Waals surface area contributed by atoms with E-state index in [2.05, 4.69) is 15.9 Å². The third-order valence-electron chi connectivity index (χ3n) is 3.58. The van der Waals surface area contributed by atoms with E-state index in [4.69, 9.17) is 4.74 Å². The molecule has 22 heavy (non-hydrogen) atoms. The number of carbonyl (C=O) groups excluding carboxylic acids is 1. The molecule has 1 saturated heterocycles. The van der Waals surface area contributed by atoms with E-state index in [1.165, 1.54) is 17.0 Å². The van der Waals surface area contributed by atoms with E-state index >= 15 is 0 Å². The fourth-order valence-corrected chi connectivity index (χ4v) is 2.72. The molecule has 0 bridgehead atoms. The molecule has 0 saturated carbocycles. The number of hydrogen-bond acceptors (Lipinski definition) is 2. The third-order valence-corrected chi connectivity index (χ3v) is 4.11. The highest BCUT2D eigenvalue weighted by Crippen LogP contribution is 2.41. The number of halogens is 3. The van der Waals surface area contributed by atoms with Gasteiger partial charge < -0.3 is 9.64 Å². The minimum absolute atomic E-state index is 0.0119. The summed E-state index contributed by atoms with van der Waals surface area (Å²) in [5, 5.41) is 0. The average molecular weight is 376 g/mol. The molecule has 2 rings (SSSR count). The Kier molecular flexibility index (Phi) is 4.80. The SMILES string of the molecule is CC(C)(C)OC(=O)N1CC[C@H](C(F)(F)c2ccc(Br)cc2)C1. The number of nitrogens with zero attached hydrogens (tertiary/aromatic N) is 1. The number of rotatable bonds is 2. The second-order valence-electron chi connectivity index (χ2n) is 6.54. The molecule has 1 atom stereocenters. The van der Waals surface area contributed by atoms with Crippen molar-refractivity contribution < 1.29 is 18.3 Å². The molecular weight excluding hydrogens is 356 g/mol. The van der Waals surface area contributed by atoms with Crippen molar-refractivity contribution in [3.8, 4) is 0 Å². The highest BCUT2D eigenvalue weighted by atomic mass is 79.9. The highest BCUT2D eigenvalue weighted by molar-refractivity contribution is 9.10. The lowest BCUT2D eigenvalue weighted by Gasteiger charge is -2.26. The van der Waals surface area contributed by atoms with Crippen LogP contribution in [0.15, 0.2) is 28.7 Å². The molecule has 1 aliphatic heterocycles. The van der Waals surface area contributed by atoms with Crippen molar-refractivity contribution in [2.75, 3.05) is 13.1 Å². The zero-order valence-corrected chi connectivity index (χ0v) is 14.5. The van der Waals surface area contributed by atoms with Crippen molar-refractivity contribution >= 4 is 22.0 Å². The summed E-state index contributed by atoms with van der Waals surface area (Å²) in [6, 6.07) is 6.04. The molecule has 1 aromatic rings. The van der Waals surface area contributed by atoms with Gasteiger partial charge in [0.25, 0.3) is 5.92 Å². The van der Waals surface area contributed by atoms with Gasteiger partial charge in [0.2, 0.25) is 0 Å². The summed E-state index contributed by atoms with van der Waals surface area (Å²) in [5.74, 6) is -3.85. The first-order valence-corrected chi connectivity index (χ1v) is 8.00. The van der Waals surface area contributed by atoms with Gasteiger partial charge in [0.15, 0.2) is 0 Å². The van der Waals surface area contributed by atoms with Crippen LogP contribution in [0.5, 0.6) is 0 Å². The van der Waals surface area contributed by atoms with E-state index in [1.54, 1.807) is 32.9 Å².